The molecule has 3 aromatic rings. The third kappa shape index (κ3) is 3.86. The smallest absolute Gasteiger partial charge is 0.225 e. The van der Waals surface area contributed by atoms with Gasteiger partial charge in [-0.1, -0.05) is 12.1 Å². The van der Waals surface area contributed by atoms with Crippen molar-refractivity contribution in [1.82, 2.24) is 20.4 Å². The average Bonchev–Trinajstić information content (AvgIpc) is 3.39. The largest absolute Gasteiger partial charge is 0.343 e. The van der Waals surface area contributed by atoms with Crippen LogP contribution in [0.2, 0.25) is 0 Å². The second kappa shape index (κ2) is 8.35. The Kier molecular flexibility index (Phi) is 6.13. The minimum absolute atomic E-state index is 0. The summed E-state index contributed by atoms with van der Waals surface area (Å²) in [6, 6.07) is 8.16. The molecule has 5 nitrogen and oxygen atoms in total. The van der Waals surface area contributed by atoms with Gasteiger partial charge >= 0.3 is 0 Å². The molecule has 2 N–H and O–H groups in total. The molecular weight excluding hydrogens is 388 g/mol. The molecule has 0 bridgehead atoms. The highest BCUT2D eigenvalue weighted by atomic mass is 35.5. The van der Waals surface area contributed by atoms with Gasteiger partial charge in [-0.15, -0.1) is 35.1 Å². The van der Waals surface area contributed by atoms with Crippen LogP contribution >= 0.6 is 35.1 Å². The molecule has 3 aromatic heterocycles. The first-order valence-corrected chi connectivity index (χ1v) is 10.0. The predicted molar refractivity (Wildman–Crippen MR) is 108 cm³/mol. The molecule has 4 rings (SSSR count). The van der Waals surface area contributed by atoms with Crippen molar-refractivity contribution in [2.24, 2.45) is 13.0 Å². The molecule has 8 heteroatoms. The standard InChI is InChI=1S/C18H20N4OS2.ClH/c1-22-11-12(8-20-22)13-9-19-10-14(13)18(23)21-17(15-4-2-6-24-15)16-5-3-7-25-16;/h2-8,11,13-14,17,19H,9-10H2,1H3,(H,21,23);1H/t13-,14+;/m1./s1. The summed E-state index contributed by atoms with van der Waals surface area (Å²) in [4.78, 5) is 15.4. The van der Waals surface area contributed by atoms with E-state index in [0.717, 1.165) is 12.1 Å². The monoisotopic (exact) mass is 408 g/mol. The third-order valence-electron chi connectivity index (χ3n) is 4.65. The molecule has 4 heterocycles. The first-order valence-electron chi connectivity index (χ1n) is 8.29. The summed E-state index contributed by atoms with van der Waals surface area (Å²) in [5.41, 5.74) is 1.12. The number of aryl methyl sites for hydroxylation is 1. The highest BCUT2D eigenvalue weighted by molar-refractivity contribution is 7.11. The zero-order valence-electron chi connectivity index (χ0n) is 14.3. The van der Waals surface area contributed by atoms with E-state index in [-0.39, 0.29) is 36.2 Å². The number of thiophene rings is 2. The average molecular weight is 409 g/mol. The Morgan fingerprint density at radius 3 is 2.50 bits per heavy atom. The Morgan fingerprint density at radius 2 is 1.96 bits per heavy atom. The third-order valence-corrected chi connectivity index (χ3v) is 6.52. The number of hydrogen-bond acceptors (Lipinski definition) is 5. The van der Waals surface area contributed by atoms with Gasteiger partial charge < -0.3 is 10.6 Å². The van der Waals surface area contributed by atoms with E-state index in [1.807, 2.05) is 31.6 Å². The molecular formula is C18H21ClN4OS2. The lowest BCUT2D eigenvalue weighted by atomic mass is 9.90. The first-order chi connectivity index (χ1) is 12.2. The zero-order chi connectivity index (χ0) is 17.2. The molecule has 1 aliphatic rings. The lowest BCUT2D eigenvalue weighted by Crippen LogP contribution is -2.36. The van der Waals surface area contributed by atoms with Gasteiger partial charge in [-0.2, -0.15) is 5.10 Å². The first kappa shape index (κ1) is 19.1. The molecule has 1 aliphatic heterocycles. The molecule has 0 saturated carbocycles. The van der Waals surface area contributed by atoms with E-state index >= 15 is 0 Å². The fourth-order valence-electron chi connectivity index (χ4n) is 3.38. The molecule has 26 heavy (non-hydrogen) atoms. The van der Waals surface area contributed by atoms with Crippen LogP contribution in [0.15, 0.2) is 47.4 Å². The summed E-state index contributed by atoms with van der Waals surface area (Å²) in [5, 5.41) is 15.0. The molecule has 0 aromatic carbocycles. The van der Waals surface area contributed by atoms with Crippen LogP contribution in [0.1, 0.15) is 27.3 Å². The molecule has 2 atom stereocenters. The molecule has 1 saturated heterocycles. The van der Waals surface area contributed by atoms with Crippen molar-refractivity contribution in [3.05, 3.63) is 62.7 Å². The van der Waals surface area contributed by atoms with Gasteiger partial charge in [0, 0.05) is 42.0 Å². The molecule has 0 unspecified atom stereocenters. The number of carbonyl (C=O) groups is 1. The molecule has 0 spiro atoms. The van der Waals surface area contributed by atoms with Crippen molar-refractivity contribution in [2.75, 3.05) is 13.1 Å². The van der Waals surface area contributed by atoms with Gasteiger partial charge in [0.2, 0.25) is 5.91 Å². The van der Waals surface area contributed by atoms with Crippen LogP contribution in [-0.4, -0.2) is 28.8 Å². The topological polar surface area (TPSA) is 59.0 Å². The van der Waals surface area contributed by atoms with Gasteiger partial charge in [-0.3, -0.25) is 9.48 Å². The number of rotatable bonds is 5. The fraction of sp³-hybridized carbons (Fsp3) is 0.333. The van der Waals surface area contributed by atoms with E-state index in [9.17, 15) is 4.79 Å². The highest BCUT2D eigenvalue weighted by Crippen LogP contribution is 2.32. The van der Waals surface area contributed by atoms with Crippen molar-refractivity contribution < 1.29 is 4.79 Å². The van der Waals surface area contributed by atoms with Gasteiger partial charge in [0.25, 0.3) is 0 Å². The van der Waals surface area contributed by atoms with Crippen LogP contribution < -0.4 is 10.6 Å². The quantitative estimate of drug-likeness (QED) is 0.681. The maximum absolute atomic E-state index is 13.1. The van der Waals surface area contributed by atoms with Crippen LogP contribution in [0.3, 0.4) is 0 Å². The summed E-state index contributed by atoms with van der Waals surface area (Å²) < 4.78 is 1.79. The summed E-state index contributed by atoms with van der Waals surface area (Å²) in [6.07, 6.45) is 3.88. The number of hydrogen-bond donors (Lipinski definition) is 2. The minimum atomic E-state index is -0.0772. The summed E-state index contributed by atoms with van der Waals surface area (Å²) in [6.45, 7) is 1.51. The molecule has 1 amide bonds. The van der Waals surface area contributed by atoms with Gasteiger partial charge in [0.1, 0.15) is 0 Å². The fourth-order valence-corrected chi connectivity index (χ4v) is 5.04. The Bertz CT molecular complexity index is 797. The van der Waals surface area contributed by atoms with Crippen molar-refractivity contribution in [1.29, 1.82) is 0 Å². The summed E-state index contributed by atoms with van der Waals surface area (Å²) in [7, 11) is 1.91. The molecule has 0 radical (unpaired) electrons. The number of aromatic nitrogens is 2. The Labute approximate surface area is 166 Å². The van der Waals surface area contributed by atoms with Gasteiger partial charge in [0.05, 0.1) is 18.2 Å². The summed E-state index contributed by atoms with van der Waals surface area (Å²) >= 11 is 3.35. The Morgan fingerprint density at radius 1 is 1.27 bits per heavy atom. The number of amides is 1. The number of halogens is 1. The second-order valence-corrected chi connectivity index (χ2v) is 8.25. The number of nitrogens with one attached hydrogen (secondary N) is 2. The Hall–Kier alpha value is -1.67. The highest BCUT2D eigenvalue weighted by Gasteiger charge is 2.36. The van der Waals surface area contributed by atoms with E-state index in [1.54, 1.807) is 27.4 Å². The lowest BCUT2D eigenvalue weighted by Gasteiger charge is -2.22. The van der Waals surface area contributed by atoms with Crippen LogP contribution in [0.5, 0.6) is 0 Å². The summed E-state index contributed by atoms with van der Waals surface area (Å²) in [5.74, 6) is 0.193. The van der Waals surface area contributed by atoms with E-state index in [2.05, 4.69) is 38.6 Å². The molecule has 1 fully saturated rings. The lowest BCUT2D eigenvalue weighted by molar-refractivity contribution is -0.125. The van der Waals surface area contributed by atoms with Crippen LogP contribution in [0, 0.1) is 5.92 Å². The number of carbonyl (C=O) groups excluding carboxylic acids is 1. The van der Waals surface area contributed by atoms with Gasteiger partial charge in [-0.25, -0.2) is 0 Å². The van der Waals surface area contributed by atoms with E-state index in [1.165, 1.54) is 9.75 Å². The maximum Gasteiger partial charge on any atom is 0.225 e. The van der Waals surface area contributed by atoms with Crippen molar-refractivity contribution in [2.45, 2.75) is 12.0 Å². The number of nitrogens with zero attached hydrogens (tertiary/aromatic N) is 2. The van der Waals surface area contributed by atoms with Crippen molar-refractivity contribution in [3.63, 3.8) is 0 Å². The van der Waals surface area contributed by atoms with Gasteiger partial charge in [-0.05, 0) is 28.5 Å². The second-order valence-electron chi connectivity index (χ2n) is 6.29. The molecule has 138 valence electrons. The van der Waals surface area contributed by atoms with E-state index in [0.29, 0.717) is 6.54 Å². The minimum Gasteiger partial charge on any atom is -0.343 e. The normalized spacial score (nSPS) is 19.5. The maximum atomic E-state index is 13.1. The van der Waals surface area contributed by atoms with Crippen LogP contribution in [0.25, 0.3) is 0 Å². The zero-order valence-corrected chi connectivity index (χ0v) is 16.7. The predicted octanol–water partition coefficient (Wildman–Crippen LogP) is 3.17. The van der Waals surface area contributed by atoms with Crippen LogP contribution in [-0.2, 0) is 11.8 Å². The van der Waals surface area contributed by atoms with Crippen molar-refractivity contribution >= 4 is 41.0 Å². The Balaban J connectivity index is 0.00000196. The van der Waals surface area contributed by atoms with Gasteiger partial charge in [0.15, 0.2) is 0 Å². The van der Waals surface area contributed by atoms with E-state index < -0.39 is 0 Å². The van der Waals surface area contributed by atoms with Crippen molar-refractivity contribution in [3.8, 4) is 0 Å². The van der Waals surface area contributed by atoms with Crippen LogP contribution in [0.4, 0.5) is 0 Å². The van der Waals surface area contributed by atoms with E-state index in [4.69, 9.17) is 0 Å². The SMILES string of the molecule is Cl.Cn1cc([C@H]2CNC[C@@H]2C(=O)NC(c2cccs2)c2cccs2)cn1. The molecule has 0 aliphatic carbocycles.